The molecule has 0 aromatic heterocycles. The highest BCUT2D eigenvalue weighted by molar-refractivity contribution is 5.60. The van der Waals surface area contributed by atoms with Gasteiger partial charge in [-0.3, -0.25) is 0 Å². The summed E-state index contributed by atoms with van der Waals surface area (Å²) in [7, 11) is 0. The van der Waals surface area contributed by atoms with Crippen LogP contribution in [0.4, 0.5) is 11.4 Å². The lowest BCUT2D eigenvalue weighted by Crippen LogP contribution is -2.21. The van der Waals surface area contributed by atoms with E-state index in [1.807, 2.05) is 12.1 Å². The maximum Gasteiger partial charge on any atom is 0.0472 e. The lowest BCUT2D eigenvalue weighted by atomic mass is 10.1. The molecule has 0 radical (unpaired) electrons. The number of hydrogen-bond acceptors (Lipinski definition) is 3. The van der Waals surface area contributed by atoms with Gasteiger partial charge >= 0.3 is 0 Å². The third-order valence-electron chi connectivity index (χ3n) is 2.64. The SMILES string of the molecule is CCN(CC)c1ccc(CCO)c(N)c1. The van der Waals surface area contributed by atoms with Crippen LogP contribution in [0, 0.1) is 0 Å². The minimum absolute atomic E-state index is 0.148. The predicted octanol–water partition coefficient (Wildman–Crippen LogP) is 1.65. The molecule has 0 aliphatic carbocycles. The van der Waals surface area contributed by atoms with E-state index in [-0.39, 0.29) is 6.61 Å². The number of nitrogens with zero attached hydrogens (tertiary/aromatic N) is 1. The second-order valence-corrected chi connectivity index (χ2v) is 3.53. The molecule has 0 saturated heterocycles. The van der Waals surface area contributed by atoms with Gasteiger partial charge in [0, 0.05) is 31.1 Å². The highest BCUT2D eigenvalue weighted by atomic mass is 16.2. The summed E-state index contributed by atoms with van der Waals surface area (Å²) in [5, 5.41) is 8.85. The largest absolute Gasteiger partial charge is 0.398 e. The van der Waals surface area contributed by atoms with Crippen molar-refractivity contribution in [1.82, 2.24) is 0 Å². The molecule has 0 amide bonds. The lowest BCUT2D eigenvalue weighted by molar-refractivity contribution is 0.300. The molecular formula is C12H20N2O. The molecule has 0 aliphatic heterocycles. The van der Waals surface area contributed by atoms with Gasteiger partial charge in [0.05, 0.1) is 0 Å². The summed E-state index contributed by atoms with van der Waals surface area (Å²) in [4.78, 5) is 2.25. The van der Waals surface area contributed by atoms with Gasteiger partial charge in [-0.15, -0.1) is 0 Å². The Labute approximate surface area is 91.5 Å². The first-order chi connectivity index (χ1) is 7.22. The smallest absolute Gasteiger partial charge is 0.0472 e. The summed E-state index contributed by atoms with van der Waals surface area (Å²) in [6.45, 7) is 6.36. The van der Waals surface area contributed by atoms with Crippen molar-refractivity contribution in [2.24, 2.45) is 0 Å². The number of nitrogen functional groups attached to an aromatic ring is 1. The van der Waals surface area contributed by atoms with Crippen LogP contribution in [0.2, 0.25) is 0 Å². The minimum Gasteiger partial charge on any atom is -0.398 e. The van der Waals surface area contributed by atoms with Gasteiger partial charge in [0.15, 0.2) is 0 Å². The third kappa shape index (κ3) is 2.86. The van der Waals surface area contributed by atoms with Gasteiger partial charge in [-0.1, -0.05) is 6.07 Å². The van der Waals surface area contributed by atoms with E-state index in [9.17, 15) is 0 Å². The first-order valence-corrected chi connectivity index (χ1v) is 5.47. The number of benzene rings is 1. The molecule has 1 aromatic carbocycles. The Morgan fingerprint density at radius 1 is 1.27 bits per heavy atom. The highest BCUT2D eigenvalue weighted by Gasteiger charge is 2.04. The normalized spacial score (nSPS) is 10.3. The summed E-state index contributed by atoms with van der Waals surface area (Å²) < 4.78 is 0. The van der Waals surface area contributed by atoms with Crippen LogP contribution >= 0.6 is 0 Å². The van der Waals surface area contributed by atoms with Crippen LogP contribution in [-0.2, 0) is 6.42 Å². The van der Waals surface area contributed by atoms with Gasteiger partial charge in [-0.2, -0.15) is 0 Å². The fourth-order valence-electron chi connectivity index (χ4n) is 1.72. The average Bonchev–Trinajstić information content (AvgIpc) is 2.24. The predicted molar refractivity (Wildman–Crippen MR) is 65.2 cm³/mol. The number of anilines is 2. The topological polar surface area (TPSA) is 49.5 Å². The van der Waals surface area contributed by atoms with E-state index in [4.69, 9.17) is 10.8 Å². The Bertz CT molecular complexity index is 308. The Morgan fingerprint density at radius 3 is 2.40 bits per heavy atom. The average molecular weight is 208 g/mol. The number of hydrogen-bond donors (Lipinski definition) is 2. The molecule has 3 nitrogen and oxygen atoms in total. The maximum atomic E-state index is 8.85. The lowest BCUT2D eigenvalue weighted by Gasteiger charge is -2.22. The second-order valence-electron chi connectivity index (χ2n) is 3.53. The number of rotatable bonds is 5. The molecule has 3 N–H and O–H groups in total. The van der Waals surface area contributed by atoms with Crippen LogP contribution in [0.5, 0.6) is 0 Å². The molecule has 0 unspecified atom stereocenters. The Kier molecular flexibility index (Phi) is 4.43. The van der Waals surface area contributed by atoms with Crippen molar-refractivity contribution in [2.75, 3.05) is 30.3 Å². The van der Waals surface area contributed by atoms with E-state index in [1.54, 1.807) is 0 Å². The van der Waals surface area contributed by atoms with E-state index < -0.39 is 0 Å². The minimum atomic E-state index is 0.148. The van der Waals surface area contributed by atoms with Crippen LogP contribution < -0.4 is 10.6 Å². The molecular weight excluding hydrogens is 188 g/mol. The molecule has 0 aliphatic rings. The molecule has 3 heteroatoms. The Balaban J connectivity index is 2.89. The summed E-state index contributed by atoms with van der Waals surface area (Å²) in [6, 6.07) is 6.05. The molecule has 0 fully saturated rings. The van der Waals surface area contributed by atoms with E-state index in [0.717, 1.165) is 30.0 Å². The van der Waals surface area contributed by atoms with Crippen molar-refractivity contribution in [3.63, 3.8) is 0 Å². The number of nitrogens with two attached hydrogens (primary N) is 1. The van der Waals surface area contributed by atoms with Crippen molar-refractivity contribution in [3.05, 3.63) is 23.8 Å². The standard InChI is InChI=1S/C12H20N2O/c1-3-14(4-2)11-6-5-10(7-8-15)12(13)9-11/h5-6,9,15H,3-4,7-8,13H2,1-2H3. The van der Waals surface area contributed by atoms with Gasteiger partial charge in [0.1, 0.15) is 0 Å². The second kappa shape index (κ2) is 5.61. The molecule has 1 aromatic rings. The van der Waals surface area contributed by atoms with Crippen LogP contribution in [0.25, 0.3) is 0 Å². The van der Waals surface area contributed by atoms with Crippen molar-refractivity contribution >= 4 is 11.4 Å². The fourth-order valence-corrected chi connectivity index (χ4v) is 1.72. The van der Waals surface area contributed by atoms with E-state index >= 15 is 0 Å². The number of aliphatic hydroxyl groups excluding tert-OH is 1. The van der Waals surface area contributed by atoms with Gasteiger partial charge in [0.25, 0.3) is 0 Å². The van der Waals surface area contributed by atoms with Gasteiger partial charge in [0.2, 0.25) is 0 Å². The van der Waals surface area contributed by atoms with Crippen LogP contribution in [-0.4, -0.2) is 24.8 Å². The summed E-state index contributed by atoms with van der Waals surface area (Å²) in [6.07, 6.45) is 0.629. The Hall–Kier alpha value is -1.22. The molecule has 0 saturated carbocycles. The highest BCUT2D eigenvalue weighted by Crippen LogP contribution is 2.21. The van der Waals surface area contributed by atoms with Gasteiger partial charge in [-0.25, -0.2) is 0 Å². The molecule has 0 bridgehead atoms. The quantitative estimate of drug-likeness (QED) is 0.723. The van der Waals surface area contributed by atoms with Crippen LogP contribution in [0.15, 0.2) is 18.2 Å². The molecule has 0 spiro atoms. The van der Waals surface area contributed by atoms with Gasteiger partial charge in [-0.05, 0) is 38.0 Å². The van der Waals surface area contributed by atoms with Crippen molar-refractivity contribution in [1.29, 1.82) is 0 Å². The molecule has 15 heavy (non-hydrogen) atoms. The van der Waals surface area contributed by atoms with Crippen molar-refractivity contribution < 1.29 is 5.11 Å². The third-order valence-corrected chi connectivity index (χ3v) is 2.64. The zero-order valence-corrected chi connectivity index (χ0v) is 9.53. The van der Waals surface area contributed by atoms with E-state index in [0.29, 0.717) is 6.42 Å². The zero-order valence-electron chi connectivity index (χ0n) is 9.53. The fraction of sp³-hybridized carbons (Fsp3) is 0.500. The van der Waals surface area contributed by atoms with E-state index in [2.05, 4.69) is 24.8 Å². The molecule has 0 heterocycles. The van der Waals surface area contributed by atoms with Crippen molar-refractivity contribution in [2.45, 2.75) is 20.3 Å². The summed E-state index contributed by atoms with van der Waals surface area (Å²) in [5.74, 6) is 0. The van der Waals surface area contributed by atoms with Crippen LogP contribution in [0.1, 0.15) is 19.4 Å². The molecule has 0 atom stereocenters. The maximum absolute atomic E-state index is 8.85. The summed E-state index contributed by atoms with van der Waals surface area (Å²) >= 11 is 0. The van der Waals surface area contributed by atoms with Crippen molar-refractivity contribution in [3.8, 4) is 0 Å². The first kappa shape index (κ1) is 11.9. The number of aliphatic hydroxyl groups is 1. The zero-order chi connectivity index (χ0) is 11.3. The summed E-state index contributed by atoms with van der Waals surface area (Å²) in [5.41, 5.74) is 8.86. The first-order valence-electron chi connectivity index (χ1n) is 5.47. The monoisotopic (exact) mass is 208 g/mol. The Morgan fingerprint density at radius 2 is 1.93 bits per heavy atom. The van der Waals surface area contributed by atoms with Crippen LogP contribution in [0.3, 0.4) is 0 Å². The van der Waals surface area contributed by atoms with Gasteiger partial charge < -0.3 is 15.7 Å². The van der Waals surface area contributed by atoms with E-state index in [1.165, 1.54) is 0 Å². The molecule has 1 rings (SSSR count). The molecule has 84 valence electrons.